The van der Waals surface area contributed by atoms with E-state index in [-0.39, 0.29) is 12.1 Å². The number of hydrogen-bond acceptors (Lipinski definition) is 4. The van der Waals surface area contributed by atoms with Gasteiger partial charge in [-0.15, -0.1) is 0 Å². The van der Waals surface area contributed by atoms with E-state index in [1.54, 1.807) is 7.11 Å². The Morgan fingerprint density at radius 1 is 1.46 bits per heavy atom. The molecule has 1 unspecified atom stereocenters. The van der Waals surface area contributed by atoms with Crippen LogP contribution in [0.1, 0.15) is 6.92 Å². The van der Waals surface area contributed by atoms with Gasteiger partial charge in [0, 0.05) is 33.3 Å². The summed E-state index contributed by atoms with van der Waals surface area (Å²) in [4.78, 5) is 2.28. The van der Waals surface area contributed by atoms with Crippen LogP contribution in [0.5, 0.6) is 0 Å². The van der Waals surface area contributed by atoms with Crippen LogP contribution in [0.15, 0.2) is 0 Å². The highest BCUT2D eigenvalue weighted by Gasteiger charge is 2.31. The highest BCUT2D eigenvalue weighted by molar-refractivity contribution is 4.88. The maximum Gasteiger partial charge on any atom is 0.0666 e. The molecule has 1 fully saturated rings. The highest BCUT2D eigenvalue weighted by atomic mass is 16.5. The first-order valence-corrected chi connectivity index (χ1v) is 4.78. The molecule has 0 aliphatic carbocycles. The van der Waals surface area contributed by atoms with Crippen molar-refractivity contribution < 1.29 is 9.84 Å². The van der Waals surface area contributed by atoms with Crippen molar-refractivity contribution >= 4 is 0 Å². The zero-order valence-electron chi connectivity index (χ0n) is 8.55. The van der Waals surface area contributed by atoms with Crippen LogP contribution in [-0.4, -0.2) is 62.0 Å². The van der Waals surface area contributed by atoms with E-state index in [0.29, 0.717) is 6.61 Å². The Morgan fingerprint density at radius 3 is 2.54 bits per heavy atom. The van der Waals surface area contributed by atoms with Crippen LogP contribution in [0.3, 0.4) is 0 Å². The Bertz CT molecular complexity index is 149. The van der Waals surface area contributed by atoms with Gasteiger partial charge >= 0.3 is 0 Å². The predicted molar refractivity (Wildman–Crippen MR) is 51.8 cm³/mol. The van der Waals surface area contributed by atoms with E-state index >= 15 is 0 Å². The molecule has 1 atom stereocenters. The van der Waals surface area contributed by atoms with Gasteiger partial charge in [0.2, 0.25) is 0 Å². The molecule has 1 rings (SSSR count). The number of hydrogen-bond donors (Lipinski definition) is 2. The van der Waals surface area contributed by atoms with E-state index in [1.165, 1.54) is 0 Å². The average molecular weight is 188 g/mol. The molecule has 4 nitrogen and oxygen atoms in total. The molecular formula is C9H20N2O2. The summed E-state index contributed by atoms with van der Waals surface area (Å²) in [6, 6.07) is 0. The lowest BCUT2D eigenvalue weighted by molar-refractivity contribution is -0.0211. The standard InChI is InChI=1S/C9H20N2O2/c1-9(7-12,8-13-2)11-5-3-10-4-6-11/h10,12H,3-8H2,1-2H3. The predicted octanol–water partition coefficient (Wildman–Crippen LogP) is -0.711. The number of nitrogens with zero attached hydrogens (tertiary/aromatic N) is 1. The number of methoxy groups -OCH3 is 1. The van der Waals surface area contributed by atoms with Crippen molar-refractivity contribution in [2.45, 2.75) is 12.5 Å². The van der Waals surface area contributed by atoms with Gasteiger partial charge in [0.1, 0.15) is 0 Å². The topological polar surface area (TPSA) is 44.7 Å². The summed E-state index contributed by atoms with van der Waals surface area (Å²) in [6.45, 7) is 6.76. The van der Waals surface area contributed by atoms with Gasteiger partial charge in [-0.05, 0) is 6.92 Å². The fourth-order valence-corrected chi connectivity index (χ4v) is 1.75. The fourth-order valence-electron chi connectivity index (χ4n) is 1.75. The van der Waals surface area contributed by atoms with Crippen LogP contribution in [0.2, 0.25) is 0 Å². The maximum atomic E-state index is 9.33. The molecule has 0 radical (unpaired) electrons. The van der Waals surface area contributed by atoms with Crippen molar-refractivity contribution in [1.29, 1.82) is 0 Å². The summed E-state index contributed by atoms with van der Waals surface area (Å²) in [5.74, 6) is 0. The number of ether oxygens (including phenoxy) is 1. The third-order valence-corrected chi connectivity index (χ3v) is 2.68. The fraction of sp³-hybridized carbons (Fsp3) is 1.00. The highest BCUT2D eigenvalue weighted by Crippen LogP contribution is 2.15. The number of nitrogens with one attached hydrogen (secondary N) is 1. The van der Waals surface area contributed by atoms with E-state index in [0.717, 1.165) is 26.2 Å². The van der Waals surface area contributed by atoms with Crippen molar-refractivity contribution in [3.05, 3.63) is 0 Å². The molecule has 1 aliphatic rings. The molecule has 0 aromatic carbocycles. The Kier molecular flexibility index (Phi) is 4.12. The molecule has 2 N–H and O–H groups in total. The van der Waals surface area contributed by atoms with E-state index < -0.39 is 0 Å². The lowest BCUT2D eigenvalue weighted by atomic mass is 10.0. The lowest BCUT2D eigenvalue weighted by Gasteiger charge is -2.41. The summed E-state index contributed by atoms with van der Waals surface area (Å²) in [7, 11) is 1.68. The SMILES string of the molecule is COCC(C)(CO)N1CCNCC1. The molecular weight excluding hydrogens is 168 g/mol. The second kappa shape index (κ2) is 4.91. The second-order valence-corrected chi connectivity index (χ2v) is 3.83. The summed E-state index contributed by atoms with van der Waals surface area (Å²) >= 11 is 0. The summed E-state index contributed by atoms with van der Waals surface area (Å²) in [5.41, 5.74) is -0.211. The van der Waals surface area contributed by atoms with Crippen LogP contribution in [0.25, 0.3) is 0 Å². The van der Waals surface area contributed by atoms with E-state index in [4.69, 9.17) is 4.74 Å². The van der Waals surface area contributed by atoms with Gasteiger partial charge in [-0.25, -0.2) is 0 Å². The van der Waals surface area contributed by atoms with Gasteiger partial charge in [-0.3, -0.25) is 4.90 Å². The van der Waals surface area contributed by atoms with E-state index in [1.807, 2.05) is 6.92 Å². The van der Waals surface area contributed by atoms with Crippen molar-refractivity contribution in [2.24, 2.45) is 0 Å². The minimum atomic E-state index is -0.211. The average Bonchev–Trinajstić information content (AvgIpc) is 2.19. The molecule has 0 aromatic heterocycles. The van der Waals surface area contributed by atoms with Gasteiger partial charge in [-0.1, -0.05) is 0 Å². The maximum absolute atomic E-state index is 9.33. The summed E-state index contributed by atoms with van der Waals surface area (Å²) in [5, 5.41) is 12.6. The summed E-state index contributed by atoms with van der Waals surface area (Å²) in [6.07, 6.45) is 0. The van der Waals surface area contributed by atoms with Crippen molar-refractivity contribution in [3.63, 3.8) is 0 Å². The molecule has 0 spiro atoms. The summed E-state index contributed by atoms with van der Waals surface area (Å²) < 4.78 is 5.13. The molecule has 0 aromatic rings. The van der Waals surface area contributed by atoms with E-state index in [2.05, 4.69) is 10.2 Å². The van der Waals surface area contributed by atoms with Gasteiger partial charge in [0.05, 0.1) is 18.8 Å². The van der Waals surface area contributed by atoms with Gasteiger partial charge in [-0.2, -0.15) is 0 Å². The first-order chi connectivity index (χ1) is 6.23. The second-order valence-electron chi connectivity index (χ2n) is 3.83. The van der Waals surface area contributed by atoms with Gasteiger partial charge < -0.3 is 15.2 Å². The van der Waals surface area contributed by atoms with E-state index in [9.17, 15) is 5.11 Å². The zero-order chi connectivity index (χ0) is 9.73. The smallest absolute Gasteiger partial charge is 0.0666 e. The van der Waals surface area contributed by atoms with Crippen LogP contribution in [-0.2, 0) is 4.74 Å². The van der Waals surface area contributed by atoms with Crippen LogP contribution in [0.4, 0.5) is 0 Å². The lowest BCUT2D eigenvalue weighted by Crippen LogP contribution is -2.58. The molecule has 13 heavy (non-hydrogen) atoms. The number of aliphatic hydroxyl groups excluding tert-OH is 1. The van der Waals surface area contributed by atoms with Crippen molar-refractivity contribution in [3.8, 4) is 0 Å². The first kappa shape index (κ1) is 10.9. The number of rotatable bonds is 4. The largest absolute Gasteiger partial charge is 0.394 e. The van der Waals surface area contributed by atoms with Gasteiger partial charge in [0.25, 0.3) is 0 Å². The molecule has 78 valence electrons. The Labute approximate surface area is 79.9 Å². The van der Waals surface area contributed by atoms with Crippen molar-refractivity contribution in [1.82, 2.24) is 10.2 Å². The minimum absolute atomic E-state index is 0.154. The van der Waals surface area contributed by atoms with Crippen molar-refractivity contribution in [2.75, 3.05) is 46.5 Å². The zero-order valence-corrected chi connectivity index (χ0v) is 8.55. The monoisotopic (exact) mass is 188 g/mol. The Morgan fingerprint density at radius 2 is 2.08 bits per heavy atom. The number of piperazine rings is 1. The molecule has 0 amide bonds. The normalized spacial score (nSPS) is 24.2. The minimum Gasteiger partial charge on any atom is -0.394 e. The molecule has 1 aliphatic heterocycles. The van der Waals surface area contributed by atoms with Gasteiger partial charge in [0.15, 0.2) is 0 Å². The Hall–Kier alpha value is -0.160. The molecule has 1 heterocycles. The molecule has 0 saturated carbocycles. The third-order valence-electron chi connectivity index (χ3n) is 2.68. The molecule has 1 saturated heterocycles. The Balaban J connectivity index is 2.51. The molecule has 4 heteroatoms. The number of aliphatic hydroxyl groups is 1. The molecule has 0 bridgehead atoms. The third kappa shape index (κ3) is 2.64. The van der Waals surface area contributed by atoms with Crippen LogP contribution in [0, 0.1) is 0 Å². The van der Waals surface area contributed by atoms with Crippen LogP contribution >= 0.6 is 0 Å². The quantitative estimate of drug-likeness (QED) is 0.612. The first-order valence-electron chi connectivity index (χ1n) is 4.78. The van der Waals surface area contributed by atoms with Crippen LogP contribution < -0.4 is 5.32 Å².